The molecular formula is C11H19Si-. The maximum Gasteiger partial charge on any atom is -0.0111 e. The van der Waals surface area contributed by atoms with E-state index in [1.165, 1.54) is 0 Å². The molecule has 0 N–H and O–H groups in total. The van der Waals surface area contributed by atoms with Crippen LogP contribution in [0.15, 0.2) is 23.4 Å². The van der Waals surface area contributed by atoms with Gasteiger partial charge in [0.15, 0.2) is 0 Å². The standard InChI is InChI=1S/C11H19Si/c1-11(2)8-6-10(7-9-11)12(3,4)5/h6-9H,1-5H3/q-1. The summed E-state index contributed by atoms with van der Waals surface area (Å²) in [7, 11) is -1.08. The van der Waals surface area contributed by atoms with E-state index in [0.29, 0.717) is 0 Å². The fourth-order valence-corrected chi connectivity index (χ4v) is 2.39. The molecule has 0 heterocycles. The summed E-state index contributed by atoms with van der Waals surface area (Å²) in [6, 6.07) is 0. The van der Waals surface area contributed by atoms with Gasteiger partial charge in [0.05, 0.1) is 0 Å². The van der Waals surface area contributed by atoms with Gasteiger partial charge in [0.2, 0.25) is 0 Å². The fraction of sp³-hybridized carbons (Fsp3) is 0.545. The predicted molar refractivity (Wildman–Crippen MR) is 58.7 cm³/mol. The van der Waals surface area contributed by atoms with Crippen LogP contribution in [0.25, 0.3) is 0 Å². The Bertz CT molecular complexity index is 226. The minimum absolute atomic E-state index is 0.267. The van der Waals surface area contributed by atoms with Gasteiger partial charge in [-0.05, 0) is 8.07 Å². The van der Waals surface area contributed by atoms with Gasteiger partial charge in [-0.1, -0.05) is 38.9 Å². The topological polar surface area (TPSA) is 0 Å². The Kier molecular flexibility index (Phi) is 2.26. The van der Waals surface area contributed by atoms with Crippen molar-refractivity contribution in [3.05, 3.63) is 29.8 Å². The van der Waals surface area contributed by atoms with Crippen molar-refractivity contribution in [2.45, 2.75) is 33.5 Å². The molecule has 0 aromatic heterocycles. The third-order valence-corrected chi connectivity index (χ3v) is 4.32. The average Bonchev–Trinajstić information content (AvgIpc) is 1.83. The molecule has 0 spiro atoms. The summed E-state index contributed by atoms with van der Waals surface area (Å²) in [4.78, 5) is 0. The highest BCUT2D eigenvalue weighted by Crippen LogP contribution is 2.30. The molecule has 68 valence electrons. The molecule has 0 unspecified atom stereocenters. The Morgan fingerprint density at radius 1 is 1.25 bits per heavy atom. The molecule has 1 heteroatoms. The van der Waals surface area contributed by atoms with Crippen molar-refractivity contribution in [2.24, 2.45) is 5.41 Å². The Hall–Kier alpha value is -0.433. The molecule has 0 saturated heterocycles. The van der Waals surface area contributed by atoms with E-state index >= 15 is 0 Å². The van der Waals surface area contributed by atoms with Crippen LogP contribution in [0, 0.1) is 11.8 Å². The third kappa shape index (κ3) is 2.28. The van der Waals surface area contributed by atoms with Crippen molar-refractivity contribution in [1.82, 2.24) is 0 Å². The second kappa shape index (κ2) is 2.81. The molecule has 0 aromatic rings. The predicted octanol–water partition coefficient (Wildman–Crippen LogP) is 3.59. The normalized spacial score (nSPS) is 21.6. The van der Waals surface area contributed by atoms with E-state index in [0.717, 1.165) is 0 Å². The molecule has 0 bridgehead atoms. The summed E-state index contributed by atoms with van der Waals surface area (Å²) in [5, 5.41) is 1.56. The van der Waals surface area contributed by atoms with Gasteiger partial charge in [-0.2, -0.15) is 5.20 Å². The summed E-state index contributed by atoms with van der Waals surface area (Å²) in [6.45, 7) is 11.6. The lowest BCUT2D eigenvalue weighted by molar-refractivity contribution is 0.583. The van der Waals surface area contributed by atoms with Crippen LogP contribution in [0.5, 0.6) is 0 Å². The van der Waals surface area contributed by atoms with E-state index in [9.17, 15) is 0 Å². The summed E-state index contributed by atoms with van der Waals surface area (Å²) < 4.78 is 0. The first-order valence-corrected chi connectivity index (χ1v) is 8.07. The van der Waals surface area contributed by atoms with Gasteiger partial charge in [0.25, 0.3) is 0 Å². The van der Waals surface area contributed by atoms with Crippen molar-refractivity contribution in [2.75, 3.05) is 0 Å². The highest BCUT2D eigenvalue weighted by molar-refractivity contribution is 6.83. The number of rotatable bonds is 1. The Labute approximate surface area is 77.4 Å². The average molecular weight is 179 g/mol. The summed E-state index contributed by atoms with van der Waals surface area (Å²) in [5.74, 6) is 0. The molecule has 1 aliphatic carbocycles. The number of allylic oxidation sites excluding steroid dienone is 4. The number of hydrogen-bond donors (Lipinski definition) is 0. The van der Waals surface area contributed by atoms with Crippen LogP contribution in [0.3, 0.4) is 0 Å². The Morgan fingerprint density at radius 3 is 2.17 bits per heavy atom. The first-order chi connectivity index (χ1) is 5.31. The fourth-order valence-electron chi connectivity index (χ4n) is 1.22. The molecule has 0 atom stereocenters. The lowest BCUT2D eigenvalue weighted by atomic mass is 9.86. The quantitative estimate of drug-likeness (QED) is 0.426. The van der Waals surface area contributed by atoms with Gasteiger partial charge in [-0.15, -0.1) is 12.2 Å². The first-order valence-electron chi connectivity index (χ1n) is 4.57. The Morgan fingerprint density at radius 2 is 1.83 bits per heavy atom. The van der Waals surface area contributed by atoms with Gasteiger partial charge in [-0.25, -0.2) is 12.5 Å². The molecule has 1 aliphatic rings. The number of hydrogen-bond acceptors (Lipinski definition) is 0. The van der Waals surface area contributed by atoms with Crippen LogP contribution in [-0.2, 0) is 0 Å². The first kappa shape index (κ1) is 9.65. The van der Waals surface area contributed by atoms with Crippen LogP contribution >= 0.6 is 0 Å². The SMILES string of the molecule is CC1(C)C=CC([Si](C)(C)C)=C[CH-]1. The maximum atomic E-state index is 2.38. The van der Waals surface area contributed by atoms with E-state index in [2.05, 4.69) is 58.1 Å². The highest BCUT2D eigenvalue weighted by Gasteiger charge is 2.14. The molecule has 0 amide bonds. The summed E-state index contributed by atoms with van der Waals surface area (Å²) in [6.07, 6.45) is 9.24. The lowest BCUT2D eigenvalue weighted by Gasteiger charge is -2.36. The zero-order valence-electron chi connectivity index (χ0n) is 8.81. The van der Waals surface area contributed by atoms with Crippen molar-refractivity contribution in [3.8, 4) is 0 Å². The highest BCUT2D eigenvalue weighted by atomic mass is 28.3. The molecule has 1 rings (SSSR count). The monoisotopic (exact) mass is 179 g/mol. The molecular weight excluding hydrogens is 160 g/mol. The molecule has 0 saturated carbocycles. The van der Waals surface area contributed by atoms with Crippen LogP contribution in [-0.4, -0.2) is 8.07 Å². The van der Waals surface area contributed by atoms with E-state index in [-0.39, 0.29) is 5.41 Å². The Balaban J connectivity index is 2.78. The van der Waals surface area contributed by atoms with E-state index < -0.39 is 8.07 Å². The van der Waals surface area contributed by atoms with Crippen molar-refractivity contribution < 1.29 is 0 Å². The second-order valence-electron chi connectivity index (χ2n) is 5.19. The molecule has 0 fully saturated rings. The van der Waals surface area contributed by atoms with Gasteiger partial charge >= 0.3 is 0 Å². The second-order valence-corrected chi connectivity index (χ2v) is 10.3. The van der Waals surface area contributed by atoms with Crippen LogP contribution in [0.2, 0.25) is 19.6 Å². The minimum atomic E-state index is -1.08. The van der Waals surface area contributed by atoms with Crippen molar-refractivity contribution >= 4 is 8.07 Å². The van der Waals surface area contributed by atoms with Crippen molar-refractivity contribution in [3.63, 3.8) is 0 Å². The molecule has 12 heavy (non-hydrogen) atoms. The van der Waals surface area contributed by atoms with Crippen LogP contribution < -0.4 is 0 Å². The largest absolute Gasteiger partial charge is 0.226 e. The molecule has 0 aliphatic heterocycles. The minimum Gasteiger partial charge on any atom is -0.226 e. The van der Waals surface area contributed by atoms with E-state index in [4.69, 9.17) is 0 Å². The third-order valence-electron chi connectivity index (χ3n) is 2.25. The molecule has 0 nitrogen and oxygen atoms in total. The zero-order chi connectivity index (χ0) is 9.41. The maximum absolute atomic E-state index is 2.38. The van der Waals surface area contributed by atoms with Gasteiger partial charge < -0.3 is 0 Å². The summed E-state index contributed by atoms with van der Waals surface area (Å²) >= 11 is 0. The van der Waals surface area contributed by atoms with E-state index in [1.54, 1.807) is 5.20 Å². The molecule has 0 radical (unpaired) electrons. The molecule has 0 aromatic carbocycles. The van der Waals surface area contributed by atoms with Crippen LogP contribution in [0.1, 0.15) is 13.8 Å². The smallest absolute Gasteiger partial charge is 0.0111 e. The zero-order valence-corrected chi connectivity index (χ0v) is 9.81. The van der Waals surface area contributed by atoms with E-state index in [1.807, 2.05) is 0 Å². The van der Waals surface area contributed by atoms with Gasteiger partial charge in [0, 0.05) is 0 Å². The van der Waals surface area contributed by atoms with Crippen LogP contribution in [0.4, 0.5) is 0 Å². The van der Waals surface area contributed by atoms with Gasteiger partial charge in [0.1, 0.15) is 0 Å². The van der Waals surface area contributed by atoms with Gasteiger partial charge in [-0.3, -0.25) is 0 Å². The summed E-state index contributed by atoms with van der Waals surface area (Å²) in [5.41, 5.74) is 0.267. The lowest BCUT2D eigenvalue weighted by Crippen LogP contribution is -2.25. The van der Waals surface area contributed by atoms with Crippen molar-refractivity contribution in [1.29, 1.82) is 0 Å².